The van der Waals surface area contributed by atoms with Crippen LogP contribution in [-0.2, 0) is 20.7 Å². The standard InChI is InChI=1S/C16H21NO3/c18-16(20-11-13-6-3-4-10-19-13)15-14-7-2-1-5-12(14)8-9-17-15/h1-2,5,7,13,15,17H,3-4,6,8-11H2. The molecule has 2 unspecified atom stereocenters. The number of nitrogens with one attached hydrogen (secondary N) is 1. The van der Waals surface area contributed by atoms with Crippen LogP contribution in [0.2, 0.25) is 0 Å². The summed E-state index contributed by atoms with van der Waals surface area (Å²) < 4.78 is 11.0. The van der Waals surface area contributed by atoms with E-state index in [1.807, 2.05) is 18.2 Å². The topological polar surface area (TPSA) is 47.6 Å². The van der Waals surface area contributed by atoms with Gasteiger partial charge in [-0.2, -0.15) is 0 Å². The summed E-state index contributed by atoms with van der Waals surface area (Å²) in [7, 11) is 0. The van der Waals surface area contributed by atoms with Gasteiger partial charge < -0.3 is 14.8 Å². The van der Waals surface area contributed by atoms with E-state index in [1.54, 1.807) is 0 Å². The summed E-state index contributed by atoms with van der Waals surface area (Å²) in [4.78, 5) is 12.3. The van der Waals surface area contributed by atoms with E-state index < -0.39 is 0 Å². The van der Waals surface area contributed by atoms with E-state index in [2.05, 4.69) is 11.4 Å². The van der Waals surface area contributed by atoms with Gasteiger partial charge in [-0.05, 0) is 36.8 Å². The quantitative estimate of drug-likeness (QED) is 0.857. The highest BCUT2D eigenvalue weighted by Gasteiger charge is 2.28. The van der Waals surface area contributed by atoms with Crippen LogP contribution in [-0.4, -0.2) is 31.8 Å². The molecule has 4 nitrogen and oxygen atoms in total. The maximum absolute atomic E-state index is 12.3. The van der Waals surface area contributed by atoms with Crippen molar-refractivity contribution in [2.24, 2.45) is 0 Å². The average Bonchev–Trinajstić information content (AvgIpc) is 2.53. The van der Waals surface area contributed by atoms with Gasteiger partial charge in [-0.3, -0.25) is 0 Å². The lowest BCUT2D eigenvalue weighted by molar-refractivity contribution is -0.152. The van der Waals surface area contributed by atoms with Crippen molar-refractivity contribution < 1.29 is 14.3 Å². The predicted molar refractivity (Wildman–Crippen MR) is 75.4 cm³/mol. The molecule has 0 radical (unpaired) electrons. The molecule has 0 saturated carbocycles. The molecule has 1 aromatic rings. The smallest absolute Gasteiger partial charge is 0.327 e. The molecule has 2 aliphatic heterocycles. The molecule has 0 spiro atoms. The highest BCUT2D eigenvalue weighted by molar-refractivity contribution is 5.78. The lowest BCUT2D eigenvalue weighted by Gasteiger charge is -2.27. The number of hydrogen-bond acceptors (Lipinski definition) is 4. The van der Waals surface area contributed by atoms with Gasteiger partial charge in [0.1, 0.15) is 12.6 Å². The molecule has 0 aromatic heterocycles. The van der Waals surface area contributed by atoms with Crippen molar-refractivity contribution in [3.05, 3.63) is 35.4 Å². The molecule has 20 heavy (non-hydrogen) atoms. The molecule has 4 heteroatoms. The van der Waals surface area contributed by atoms with Crippen LogP contribution in [0.5, 0.6) is 0 Å². The van der Waals surface area contributed by atoms with E-state index in [0.717, 1.165) is 44.4 Å². The summed E-state index contributed by atoms with van der Waals surface area (Å²) in [5, 5.41) is 3.25. The first kappa shape index (κ1) is 13.6. The first-order valence-electron chi connectivity index (χ1n) is 7.44. The monoisotopic (exact) mass is 275 g/mol. The summed E-state index contributed by atoms with van der Waals surface area (Å²) >= 11 is 0. The fourth-order valence-electron chi connectivity index (χ4n) is 2.91. The molecule has 2 heterocycles. The van der Waals surface area contributed by atoms with E-state index in [9.17, 15) is 4.79 Å². The molecule has 108 valence electrons. The number of hydrogen-bond donors (Lipinski definition) is 1. The number of esters is 1. The molecular weight excluding hydrogens is 254 g/mol. The van der Waals surface area contributed by atoms with Crippen LogP contribution in [0.4, 0.5) is 0 Å². The molecule has 0 bridgehead atoms. The van der Waals surface area contributed by atoms with Crippen LogP contribution >= 0.6 is 0 Å². The Hall–Kier alpha value is -1.39. The maximum atomic E-state index is 12.3. The normalized spacial score (nSPS) is 25.8. The first-order chi connectivity index (χ1) is 9.84. The fraction of sp³-hybridized carbons (Fsp3) is 0.562. The van der Waals surface area contributed by atoms with Crippen LogP contribution < -0.4 is 5.32 Å². The summed E-state index contributed by atoms with van der Waals surface area (Å²) in [6.45, 7) is 1.97. The van der Waals surface area contributed by atoms with Crippen LogP contribution in [0.3, 0.4) is 0 Å². The Kier molecular flexibility index (Phi) is 4.33. The lowest BCUT2D eigenvalue weighted by Crippen LogP contribution is -2.37. The summed E-state index contributed by atoms with van der Waals surface area (Å²) in [5.74, 6) is -0.189. The second kappa shape index (κ2) is 6.37. The Morgan fingerprint density at radius 3 is 3.10 bits per heavy atom. The Bertz CT molecular complexity index is 469. The van der Waals surface area contributed by atoms with Crippen molar-refractivity contribution >= 4 is 5.97 Å². The molecule has 1 fully saturated rings. The van der Waals surface area contributed by atoms with E-state index in [4.69, 9.17) is 9.47 Å². The van der Waals surface area contributed by atoms with E-state index in [-0.39, 0.29) is 18.1 Å². The van der Waals surface area contributed by atoms with Crippen LogP contribution in [0.25, 0.3) is 0 Å². The van der Waals surface area contributed by atoms with Crippen molar-refractivity contribution in [2.45, 2.75) is 37.8 Å². The van der Waals surface area contributed by atoms with Gasteiger partial charge in [0.15, 0.2) is 0 Å². The zero-order chi connectivity index (χ0) is 13.8. The first-order valence-corrected chi connectivity index (χ1v) is 7.44. The van der Waals surface area contributed by atoms with Crippen LogP contribution in [0.1, 0.15) is 36.4 Å². The second-order valence-corrected chi connectivity index (χ2v) is 5.45. The third kappa shape index (κ3) is 3.02. The molecule has 0 aliphatic carbocycles. The molecule has 0 amide bonds. The minimum absolute atomic E-state index is 0.0755. The Morgan fingerprint density at radius 1 is 1.35 bits per heavy atom. The van der Waals surface area contributed by atoms with Crippen LogP contribution in [0.15, 0.2) is 24.3 Å². The molecular formula is C16H21NO3. The molecule has 2 atom stereocenters. The third-order valence-corrected chi connectivity index (χ3v) is 4.03. The fourth-order valence-corrected chi connectivity index (χ4v) is 2.91. The number of carbonyl (C=O) groups is 1. The highest BCUT2D eigenvalue weighted by atomic mass is 16.6. The minimum atomic E-state index is -0.330. The van der Waals surface area contributed by atoms with Gasteiger partial charge in [-0.1, -0.05) is 24.3 Å². The molecule has 1 N–H and O–H groups in total. The maximum Gasteiger partial charge on any atom is 0.327 e. The number of rotatable bonds is 3. The molecule has 2 aliphatic rings. The zero-order valence-electron chi connectivity index (χ0n) is 11.6. The second-order valence-electron chi connectivity index (χ2n) is 5.45. The van der Waals surface area contributed by atoms with Crippen LogP contribution in [0, 0.1) is 0 Å². The molecule has 3 rings (SSSR count). The van der Waals surface area contributed by atoms with E-state index >= 15 is 0 Å². The van der Waals surface area contributed by atoms with Crippen molar-refractivity contribution in [1.29, 1.82) is 0 Å². The molecule has 1 aromatic carbocycles. The van der Waals surface area contributed by atoms with Crippen molar-refractivity contribution in [3.63, 3.8) is 0 Å². The lowest BCUT2D eigenvalue weighted by atomic mass is 9.94. The van der Waals surface area contributed by atoms with Gasteiger partial charge in [0.05, 0.1) is 6.10 Å². The Morgan fingerprint density at radius 2 is 2.25 bits per heavy atom. The summed E-state index contributed by atoms with van der Waals surface area (Å²) in [5.41, 5.74) is 2.29. The average molecular weight is 275 g/mol. The number of benzene rings is 1. The zero-order valence-corrected chi connectivity index (χ0v) is 11.6. The van der Waals surface area contributed by atoms with Gasteiger partial charge in [0.25, 0.3) is 0 Å². The summed E-state index contributed by atoms with van der Waals surface area (Å²) in [6.07, 6.45) is 4.30. The van der Waals surface area contributed by atoms with Gasteiger partial charge in [-0.15, -0.1) is 0 Å². The Labute approximate surface area is 119 Å². The number of ether oxygens (including phenoxy) is 2. The number of carbonyl (C=O) groups excluding carboxylic acids is 1. The van der Waals surface area contributed by atoms with Crippen molar-refractivity contribution in [2.75, 3.05) is 19.8 Å². The summed E-state index contributed by atoms with van der Waals surface area (Å²) in [6, 6.07) is 7.74. The molecule has 1 saturated heterocycles. The third-order valence-electron chi connectivity index (χ3n) is 4.03. The Balaban J connectivity index is 1.60. The highest BCUT2D eigenvalue weighted by Crippen LogP contribution is 2.24. The SMILES string of the molecule is O=C(OCC1CCCCO1)C1NCCc2ccccc21. The van der Waals surface area contributed by atoms with Crippen molar-refractivity contribution in [3.8, 4) is 0 Å². The minimum Gasteiger partial charge on any atom is -0.462 e. The largest absolute Gasteiger partial charge is 0.462 e. The van der Waals surface area contributed by atoms with E-state index in [1.165, 1.54) is 5.56 Å². The van der Waals surface area contributed by atoms with Crippen molar-refractivity contribution in [1.82, 2.24) is 5.32 Å². The van der Waals surface area contributed by atoms with Gasteiger partial charge in [0.2, 0.25) is 0 Å². The number of fused-ring (bicyclic) bond motifs is 1. The van der Waals surface area contributed by atoms with E-state index in [0.29, 0.717) is 6.61 Å². The van der Waals surface area contributed by atoms with Gasteiger partial charge >= 0.3 is 5.97 Å². The van der Waals surface area contributed by atoms with Gasteiger partial charge in [0, 0.05) is 13.2 Å². The predicted octanol–water partition coefficient (Wildman–Crippen LogP) is 1.99. The van der Waals surface area contributed by atoms with Gasteiger partial charge in [-0.25, -0.2) is 4.79 Å².